The maximum absolute atomic E-state index is 5.95. The standard InChI is InChI=1S/C21H31N5O2/c1-4-22-21(23-12-17-6-8-18(9-7-17)16-27-5-2)26-10-11-28-20(15-26)19-13-24-25(3)14-19/h6-9,13-14,20H,4-5,10-12,15-16H2,1-3H3,(H,22,23). The monoisotopic (exact) mass is 385 g/mol. The van der Waals surface area contributed by atoms with Crippen LogP contribution in [0.2, 0.25) is 0 Å². The van der Waals surface area contributed by atoms with Crippen molar-refractivity contribution in [1.82, 2.24) is 20.0 Å². The predicted molar refractivity (Wildman–Crippen MR) is 110 cm³/mol. The van der Waals surface area contributed by atoms with Crippen LogP contribution in [0.25, 0.3) is 0 Å². The molecule has 3 rings (SSSR count). The molecule has 0 amide bonds. The summed E-state index contributed by atoms with van der Waals surface area (Å²) < 4.78 is 13.2. The largest absolute Gasteiger partial charge is 0.377 e. The molecule has 1 unspecified atom stereocenters. The van der Waals surface area contributed by atoms with Crippen molar-refractivity contribution >= 4 is 5.96 Å². The van der Waals surface area contributed by atoms with Gasteiger partial charge in [0.2, 0.25) is 0 Å². The van der Waals surface area contributed by atoms with Gasteiger partial charge in [-0.05, 0) is 25.0 Å². The van der Waals surface area contributed by atoms with Gasteiger partial charge in [-0.1, -0.05) is 24.3 Å². The zero-order chi connectivity index (χ0) is 19.8. The van der Waals surface area contributed by atoms with Gasteiger partial charge < -0.3 is 19.7 Å². The molecule has 7 heteroatoms. The highest BCUT2D eigenvalue weighted by molar-refractivity contribution is 5.80. The first-order valence-electron chi connectivity index (χ1n) is 9.98. The van der Waals surface area contributed by atoms with Crippen molar-refractivity contribution in [3.63, 3.8) is 0 Å². The third-order valence-electron chi connectivity index (χ3n) is 4.70. The number of hydrogen-bond donors (Lipinski definition) is 1. The molecule has 0 bridgehead atoms. The van der Waals surface area contributed by atoms with Crippen molar-refractivity contribution in [3.05, 3.63) is 53.3 Å². The predicted octanol–water partition coefficient (Wildman–Crippen LogP) is 2.50. The number of morpholine rings is 1. The van der Waals surface area contributed by atoms with E-state index in [-0.39, 0.29) is 6.10 Å². The lowest BCUT2D eigenvalue weighted by atomic mass is 10.1. The summed E-state index contributed by atoms with van der Waals surface area (Å²) in [5.74, 6) is 0.929. The van der Waals surface area contributed by atoms with Crippen LogP contribution in [-0.4, -0.2) is 53.5 Å². The van der Waals surface area contributed by atoms with Crippen molar-refractivity contribution < 1.29 is 9.47 Å². The molecular formula is C21H31N5O2. The molecule has 0 radical (unpaired) electrons. The summed E-state index contributed by atoms with van der Waals surface area (Å²) in [4.78, 5) is 7.13. The van der Waals surface area contributed by atoms with Gasteiger partial charge in [-0.2, -0.15) is 5.10 Å². The maximum Gasteiger partial charge on any atom is 0.194 e. The van der Waals surface area contributed by atoms with Crippen molar-refractivity contribution in [3.8, 4) is 0 Å². The van der Waals surface area contributed by atoms with E-state index in [2.05, 4.69) is 46.5 Å². The minimum Gasteiger partial charge on any atom is -0.377 e. The van der Waals surface area contributed by atoms with Gasteiger partial charge in [-0.3, -0.25) is 4.68 Å². The zero-order valence-corrected chi connectivity index (χ0v) is 17.1. The zero-order valence-electron chi connectivity index (χ0n) is 17.1. The first-order chi connectivity index (χ1) is 13.7. The van der Waals surface area contributed by atoms with E-state index in [1.54, 1.807) is 0 Å². The van der Waals surface area contributed by atoms with E-state index in [1.165, 1.54) is 11.1 Å². The fraction of sp³-hybridized carbons (Fsp3) is 0.524. The Morgan fingerprint density at radius 2 is 2.07 bits per heavy atom. The molecule has 1 N–H and O–H groups in total. The Balaban J connectivity index is 1.64. The Bertz CT molecular complexity index is 756. The normalized spacial score (nSPS) is 17.8. The molecular weight excluding hydrogens is 354 g/mol. The highest BCUT2D eigenvalue weighted by atomic mass is 16.5. The van der Waals surface area contributed by atoms with Gasteiger partial charge in [-0.15, -0.1) is 0 Å². The van der Waals surface area contributed by atoms with Gasteiger partial charge in [0, 0.05) is 38.5 Å². The molecule has 1 aliphatic rings. The lowest BCUT2D eigenvalue weighted by molar-refractivity contribution is -0.00805. The molecule has 7 nitrogen and oxygen atoms in total. The van der Waals surface area contributed by atoms with Crippen molar-refractivity contribution in [2.24, 2.45) is 12.0 Å². The number of nitrogens with one attached hydrogen (secondary N) is 1. The summed E-state index contributed by atoms with van der Waals surface area (Å²) in [6, 6.07) is 8.47. The topological polar surface area (TPSA) is 63.9 Å². The van der Waals surface area contributed by atoms with E-state index in [0.717, 1.165) is 37.8 Å². The molecule has 1 aliphatic heterocycles. The number of aryl methyl sites for hydroxylation is 1. The number of aromatic nitrogens is 2. The third kappa shape index (κ3) is 5.56. The molecule has 0 saturated carbocycles. The van der Waals surface area contributed by atoms with Crippen LogP contribution in [0.5, 0.6) is 0 Å². The van der Waals surface area contributed by atoms with Crippen molar-refractivity contribution in [1.29, 1.82) is 0 Å². The molecule has 1 aromatic carbocycles. The van der Waals surface area contributed by atoms with Gasteiger partial charge in [0.15, 0.2) is 5.96 Å². The Hall–Kier alpha value is -2.38. The van der Waals surface area contributed by atoms with Gasteiger partial charge in [0.05, 0.1) is 32.5 Å². The smallest absolute Gasteiger partial charge is 0.194 e. The maximum atomic E-state index is 5.95. The first kappa shape index (κ1) is 20.4. The average molecular weight is 386 g/mol. The Morgan fingerprint density at radius 3 is 2.75 bits per heavy atom. The van der Waals surface area contributed by atoms with Crippen LogP contribution in [0.3, 0.4) is 0 Å². The second-order valence-corrected chi connectivity index (χ2v) is 6.88. The number of guanidine groups is 1. The lowest BCUT2D eigenvalue weighted by Crippen LogP contribution is -2.48. The van der Waals surface area contributed by atoms with Crippen LogP contribution in [0.15, 0.2) is 41.7 Å². The van der Waals surface area contributed by atoms with E-state index < -0.39 is 0 Å². The van der Waals surface area contributed by atoms with E-state index in [0.29, 0.717) is 19.8 Å². The quantitative estimate of drug-likeness (QED) is 0.586. The highest BCUT2D eigenvalue weighted by Crippen LogP contribution is 2.21. The van der Waals surface area contributed by atoms with Crippen LogP contribution in [-0.2, 0) is 29.7 Å². The third-order valence-corrected chi connectivity index (χ3v) is 4.70. The van der Waals surface area contributed by atoms with Crippen molar-refractivity contribution in [2.45, 2.75) is 33.1 Å². The number of benzene rings is 1. The summed E-state index contributed by atoms with van der Waals surface area (Å²) in [6.45, 7) is 9.25. The molecule has 2 heterocycles. The molecule has 1 aromatic heterocycles. The summed E-state index contributed by atoms with van der Waals surface area (Å²) in [7, 11) is 1.93. The lowest BCUT2D eigenvalue weighted by Gasteiger charge is -2.34. The Kier molecular flexibility index (Phi) is 7.45. The number of rotatable bonds is 7. The number of ether oxygens (including phenoxy) is 2. The van der Waals surface area contributed by atoms with Gasteiger partial charge in [0.1, 0.15) is 6.10 Å². The summed E-state index contributed by atoms with van der Waals surface area (Å²) in [6.07, 6.45) is 3.91. The molecule has 0 spiro atoms. The van der Waals surface area contributed by atoms with Crippen LogP contribution in [0, 0.1) is 0 Å². The van der Waals surface area contributed by atoms with E-state index in [9.17, 15) is 0 Å². The second-order valence-electron chi connectivity index (χ2n) is 6.88. The molecule has 1 fully saturated rings. The van der Waals surface area contributed by atoms with Crippen LogP contribution in [0.4, 0.5) is 0 Å². The molecule has 1 atom stereocenters. The Morgan fingerprint density at radius 1 is 1.29 bits per heavy atom. The summed E-state index contributed by atoms with van der Waals surface area (Å²) in [5, 5.41) is 7.68. The molecule has 28 heavy (non-hydrogen) atoms. The number of hydrogen-bond acceptors (Lipinski definition) is 4. The number of aliphatic imine (C=N–C) groups is 1. The highest BCUT2D eigenvalue weighted by Gasteiger charge is 2.25. The van der Waals surface area contributed by atoms with Crippen molar-refractivity contribution in [2.75, 3.05) is 32.8 Å². The van der Waals surface area contributed by atoms with Gasteiger partial charge in [0.25, 0.3) is 0 Å². The molecule has 2 aromatic rings. The van der Waals surface area contributed by atoms with Gasteiger partial charge in [-0.25, -0.2) is 4.99 Å². The number of nitrogens with zero attached hydrogens (tertiary/aromatic N) is 4. The minimum atomic E-state index is 0.0177. The van der Waals surface area contributed by atoms with Gasteiger partial charge >= 0.3 is 0 Å². The van der Waals surface area contributed by atoms with Crippen LogP contribution >= 0.6 is 0 Å². The van der Waals surface area contributed by atoms with E-state index in [1.807, 2.05) is 31.0 Å². The fourth-order valence-electron chi connectivity index (χ4n) is 3.20. The fourth-order valence-corrected chi connectivity index (χ4v) is 3.20. The van der Waals surface area contributed by atoms with Crippen LogP contribution in [0.1, 0.15) is 36.6 Å². The summed E-state index contributed by atoms with van der Waals surface area (Å²) >= 11 is 0. The minimum absolute atomic E-state index is 0.0177. The van der Waals surface area contributed by atoms with E-state index >= 15 is 0 Å². The molecule has 1 saturated heterocycles. The summed E-state index contributed by atoms with van der Waals surface area (Å²) in [5.41, 5.74) is 3.48. The van der Waals surface area contributed by atoms with Crippen LogP contribution < -0.4 is 5.32 Å². The molecule has 0 aliphatic carbocycles. The molecule has 152 valence electrons. The SMILES string of the molecule is CCNC(=NCc1ccc(COCC)cc1)N1CCOC(c2cnn(C)c2)C1. The van der Waals surface area contributed by atoms with E-state index in [4.69, 9.17) is 14.5 Å². The first-order valence-corrected chi connectivity index (χ1v) is 9.98. The average Bonchev–Trinajstić information content (AvgIpc) is 3.17. The second kappa shape index (κ2) is 10.2. The Labute approximate surface area is 167 Å².